The Balaban J connectivity index is 2.16. The maximum absolute atomic E-state index is 12.3. The molecule has 1 aromatic heterocycles. The van der Waals surface area contributed by atoms with Gasteiger partial charge in [-0.1, -0.05) is 18.2 Å². The lowest BCUT2D eigenvalue weighted by atomic mass is 10.2. The predicted octanol–water partition coefficient (Wildman–Crippen LogP) is 1.64. The summed E-state index contributed by atoms with van der Waals surface area (Å²) in [4.78, 5) is 0.268. The quantitative estimate of drug-likeness (QED) is 0.879. The summed E-state index contributed by atoms with van der Waals surface area (Å²) in [7, 11) is -1.98. The van der Waals surface area contributed by atoms with E-state index < -0.39 is 10.0 Å². The SMILES string of the molecule is COCCn1cc(NS(=O)(=O)c2ccccc2C)cn1. The van der Waals surface area contributed by atoms with E-state index in [0.717, 1.165) is 0 Å². The fourth-order valence-corrected chi connectivity index (χ4v) is 3.07. The molecule has 0 aliphatic heterocycles. The summed E-state index contributed by atoms with van der Waals surface area (Å²) in [5.41, 5.74) is 1.14. The van der Waals surface area contributed by atoms with E-state index in [2.05, 4.69) is 9.82 Å². The van der Waals surface area contributed by atoms with Crippen LogP contribution in [0.4, 0.5) is 5.69 Å². The lowest BCUT2D eigenvalue weighted by molar-refractivity contribution is 0.183. The van der Waals surface area contributed by atoms with E-state index in [1.165, 1.54) is 6.20 Å². The first-order valence-corrected chi connectivity index (χ1v) is 7.61. The highest BCUT2D eigenvalue weighted by Crippen LogP contribution is 2.18. The van der Waals surface area contributed by atoms with Gasteiger partial charge in [-0.2, -0.15) is 5.10 Å². The number of aromatic nitrogens is 2. The second kappa shape index (κ2) is 6.06. The van der Waals surface area contributed by atoms with Crippen molar-refractivity contribution < 1.29 is 13.2 Å². The lowest BCUT2D eigenvalue weighted by Crippen LogP contribution is -2.13. The lowest BCUT2D eigenvalue weighted by Gasteiger charge is -2.08. The van der Waals surface area contributed by atoms with Gasteiger partial charge in [-0.3, -0.25) is 9.40 Å². The van der Waals surface area contributed by atoms with E-state index in [0.29, 0.717) is 24.4 Å². The Morgan fingerprint density at radius 1 is 1.35 bits per heavy atom. The number of hydrogen-bond acceptors (Lipinski definition) is 4. The van der Waals surface area contributed by atoms with Gasteiger partial charge in [0.2, 0.25) is 0 Å². The van der Waals surface area contributed by atoms with Crippen LogP contribution in [0.5, 0.6) is 0 Å². The number of nitrogens with zero attached hydrogens (tertiary/aromatic N) is 2. The number of nitrogens with one attached hydrogen (secondary N) is 1. The zero-order valence-corrected chi connectivity index (χ0v) is 12.2. The monoisotopic (exact) mass is 295 g/mol. The third kappa shape index (κ3) is 3.37. The van der Waals surface area contributed by atoms with Crippen molar-refractivity contribution in [2.45, 2.75) is 18.4 Å². The van der Waals surface area contributed by atoms with Crippen molar-refractivity contribution in [2.24, 2.45) is 0 Å². The van der Waals surface area contributed by atoms with Crippen LogP contribution in [-0.4, -0.2) is 31.9 Å². The van der Waals surface area contributed by atoms with Crippen LogP contribution in [-0.2, 0) is 21.3 Å². The van der Waals surface area contributed by atoms with Crippen molar-refractivity contribution in [1.82, 2.24) is 9.78 Å². The minimum absolute atomic E-state index is 0.268. The number of aryl methyl sites for hydroxylation is 1. The number of hydrogen-bond donors (Lipinski definition) is 1. The van der Waals surface area contributed by atoms with Crippen LogP contribution in [0.1, 0.15) is 5.56 Å². The molecule has 7 heteroatoms. The zero-order chi connectivity index (χ0) is 14.6. The van der Waals surface area contributed by atoms with E-state index >= 15 is 0 Å². The molecule has 2 aromatic rings. The van der Waals surface area contributed by atoms with Gasteiger partial charge in [-0.25, -0.2) is 8.42 Å². The number of anilines is 1. The second-order valence-corrected chi connectivity index (χ2v) is 6.01. The van der Waals surface area contributed by atoms with Crippen molar-refractivity contribution in [3.8, 4) is 0 Å². The number of methoxy groups -OCH3 is 1. The molecule has 0 atom stereocenters. The van der Waals surface area contributed by atoms with Gasteiger partial charge < -0.3 is 4.74 Å². The highest BCUT2D eigenvalue weighted by Gasteiger charge is 2.16. The third-order valence-corrected chi connectivity index (χ3v) is 4.33. The normalized spacial score (nSPS) is 11.5. The van der Waals surface area contributed by atoms with Gasteiger partial charge >= 0.3 is 0 Å². The van der Waals surface area contributed by atoms with Gasteiger partial charge in [0.05, 0.1) is 29.9 Å². The van der Waals surface area contributed by atoms with Crippen LogP contribution in [0.2, 0.25) is 0 Å². The summed E-state index contributed by atoms with van der Waals surface area (Å²) in [6, 6.07) is 6.84. The number of sulfonamides is 1. The van der Waals surface area contributed by atoms with Gasteiger partial charge in [-0.15, -0.1) is 0 Å². The van der Waals surface area contributed by atoms with Crippen molar-refractivity contribution in [3.63, 3.8) is 0 Å². The first kappa shape index (κ1) is 14.5. The highest BCUT2D eigenvalue weighted by atomic mass is 32.2. The summed E-state index contributed by atoms with van der Waals surface area (Å²) >= 11 is 0. The van der Waals surface area contributed by atoms with Gasteiger partial charge in [0.1, 0.15) is 0 Å². The largest absolute Gasteiger partial charge is 0.383 e. The summed E-state index contributed by atoms with van der Waals surface area (Å²) < 4.78 is 33.6. The minimum atomic E-state index is -3.59. The molecule has 0 radical (unpaired) electrons. The maximum Gasteiger partial charge on any atom is 0.262 e. The molecule has 0 amide bonds. The summed E-state index contributed by atoms with van der Waals surface area (Å²) in [6.07, 6.45) is 3.11. The van der Waals surface area contributed by atoms with Crippen LogP contribution >= 0.6 is 0 Å². The van der Waals surface area contributed by atoms with Gasteiger partial charge in [-0.05, 0) is 18.6 Å². The summed E-state index contributed by atoms with van der Waals surface area (Å²) in [5.74, 6) is 0. The topological polar surface area (TPSA) is 73.2 Å². The molecule has 20 heavy (non-hydrogen) atoms. The minimum Gasteiger partial charge on any atom is -0.383 e. The molecule has 0 saturated carbocycles. The molecule has 0 aliphatic carbocycles. The Morgan fingerprint density at radius 2 is 2.10 bits per heavy atom. The van der Waals surface area contributed by atoms with Crippen LogP contribution < -0.4 is 4.72 Å². The second-order valence-electron chi connectivity index (χ2n) is 4.36. The van der Waals surface area contributed by atoms with Gasteiger partial charge in [0.15, 0.2) is 0 Å². The molecule has 108 valence electrons. The number of benzene rings is 1. The van der Waals surface area contributed by atoms with Crippen molar-refractivity contribution in [2.75, 3.05) is 18.4 Å². The molecular weight excluding hydrogens is 278 g/mol. The van der Waals surface area contributed by atoms with Crippen molar-refractivity contribution in [1.29, 1.82) is 0 Å². The van der Waals surface area contributed by atoms with E-state index in [4.69, 9.17) is 4.74 Å². The molecule has 1 heterocycles. The summed E-state index contributed by atoms with van der Waals surface area (Å²) in [5, 5.41) is 4.06. The van der Waals surface area contributed by atoms with E-state index in [1.807, 2.05) is 0 Å². The Morgan fingerprint density at radius 3 is 2.80 bits per heavy atom. The molecule has 1 N–H and O–H groups in total. The van der Waals surface area contributed by atoms with Crippen molar-refractivity contribution >= 4 is 15.7 Å². The average molecular weight is 295 g/mol. The molecule has 6 nitrogen and oxygen atoms in total. The Kier molecular flexibility index (Phi) is 4.41. The Labute approximate surface area is 118 Å². The van der Waals surface area contributed by atoms with E-state index in [1.54, 1.807) is 49.2 Å². The fourth-order valence-electron chi connectivity index (χ4n) is 1.79. The standard InChI is InChI=1S/C13H17N3O3S/c1-11-5-3-4-6-13(11)20(17,18)15-12-9-14-16(10-12)7-8-19-2/h3-6,9-10,15H,7-8H2,1-2H3. The summed E-state index contributed by atoms with van der Waals surface area (Å²) in [6.45, 7) is 2.85. The molecule has 0 unspecified atom stereocenters. The first-order valence-electron chi connectivity index (χ1n) is 6.13. The number of rotatable bonds is 6. The van der Waals surface area contributed by atoms with E-state index in [-0.39, 0.29) is 4.90 Å². The highest BCUT2D eigenvalue weighted by molar-refractivity contribution is 7.92. The predicted molar refractivity (Wildman–Crippen MR) is 76.1 cm³/mol. The molecule has 2 rings (SSSR count). The van der Waals surface area contributed by atoms with Gasteiger partial charge in [0.25, 0.3) is 10.0 Å². The molecule has 0 aliphatic rings. The Hall–Kier alpha value is -1.86. The third-order valence-electron chi connectivity index (χ3n) is 2.79. The molecule has 0 fully saturated rings. The fraction of sp³-hybridized carbons (Fsp3) is 0.308. The average Bonchev–Trinajstić information content (AvgIpc) is 2.83. The van der Waals surface area contributed by atoms with Crippen molar-refractivity contribution in [3.05, 3.63) is 42.2 Å². The number of ether oxygens (including phenoxy) is 1. The molecule has 0 bridgehead atoms. The van der Waals surface area contributed by atoms with E-state index in [9.17, 15) is 8.42 Å². The molecule has 1 aromatic carbocycles. The first-order chi connectivity index (χ1) is 9.53. The maximum atomic E-state index is 12.3. The van der Waals surface area contributed by atoms with Crippen LogP contribution in [0.15, 0.2) is 41.6 Å². The zero-order valence-electron chi connectivity index (χ0n) is 11.4. The van der Waals surface area contributed by atoms with Crippen LogP contribution in [0.3, 0.4) is 0 Å². The smallest absolute Gasteiger partial charge is 0.262 e. The van der Waals surface area contributed by atoms with Crippen LogP contribution in [0, 0.1) is 6.92 Å². The molecule has 0 saturated heterocycles. The van der Waals surface area contributed by atoms with Gasteiger partial charge in [0, 0.05) is 13.3 Å². The molecular formula is C13H17N3O3S. The Bertz CT molecular complexity index is 680. The van der Waals surface area contributed by atoms with Crippen LogP contribution in [0.25, 0.3) is 0 Å². The molecule has 0 spiro atoms.